The topological polar surface area (TPSA) is 35.6 Å². The van der Waals surface area contributed by atoms with Gasteiger partial charge in [-0.2, -0.15) is 0 Å². The summed E-state index contributed by atoms with van der Waals surface area (Å²) in [6.07, 6.45) is 4.88. The number of nitrogens with one attached hydrogen (secondary N) is 1. The van der Waals surface area contributed by atoms with E-state index in [0.717, 1.165) is 25.9 Å². The highest BCUT2D eigenvalue weighted by molar-refractivity contribution is 7.80. The van der Waals surface area contributed by atoms with Gasteiger partial charge in [0.05, 0.1) is 10.6 Å². The van der Waals surface area contributed by atoms with Crippen LogP contribution in [0.25, 0.3) is 0 Å². The molecule has 4 nitrogen and oxygen atoms in total. The van der Waals surface area contributed by atoms with Crippen LogP contribution in [0.5, 0.6) is 0 Å². The van der Waals surface area contributed by atoms with E-state index in [1.807, 2.05) is 0 Å². The molecule has 124 valence electrons. The number of thiocarbonyl (C=S) groups is 1. The molecular formula is C17H22ClN3OS. The highest BCUT2D eigenvalue weighted by Crippen LogP contribution is 2.21. The van der Waals surface area contributed by atoms with E-state index in [4.69, 9.17) is 23.8 Å². The van der Waals surface area contributed by atoms with Gasteiger partial charge in [0, 0.05) is 19.1 Å². The van der Waals surface area contributed by atoms with Crippen molar-refractivity contribution in [2.24, 2.45) is 0 Å². The summed E-state index contributed by atoms with van der Waals surface area (Å²) in [7, 11) is 0. The number of piperidine rings is 1. The minimum atomic E-state index is -0.234. The largest absolute Gasteiger partial charge is 0.349 e. The minimum Gasteiger partial charge on any atom is -0.349 e. The van der Waals surface area contributed by atoms with Gasteiger partial charge in [-0.05, 0) is 63.1 Å². The Bertz CT molecular complexity index is 581. The molecule has 1 aromatic rings. The van der Waals surface area contributed by atoms with E-state index in [1.54, 1.807) is 24.3 Å². The molecular weight excluding hydrogens is 330 g/mol. The molecule has 0 atom stereocenters. The van der Waals surface area contributed by atoms with Gasteiger partial charge in [0.2, 0.25) is 0 Å². The van der Waals surface area contributed by atoms with Crippen LogP contribution in [-0.2, 0) is 0 Å². The van der Waals surface area contributed by atoms with Crippen LogP contribution in [0.15, 0.2) is 24.3 Å². The maximum absolute atomic E-state index is 12.3. The monoisotopic (exact) mass is 351 g/mol. The number of likely N-dealkylation sites (tertiary alicyclic amines) is 2. The zero-order chi connectivity index (χ0) is 16.2. The van der Waals surface area contributed by atoms with Gasteiger partial charge in [0.25, 0.3) is 5.91 Å². The van der Waals surface area contributed by atoms with E-state index in [0.29, 0.717) is 21.7 Å². The standard InChI is InChI=1S/C17H22ClN3OS/c18-15-6-2-1-5-14(15)16(22)19-17(23)21-11-7-13(8-12-21)20-9-3-4-10-20/h1-2,5-6,13H,3-4,7-12H2,(H,19,22,23). The molecule has 1 N–H and O–H groups in total. The smallest absolute Gasteiger partial charge is 0.258 e. The Kier molecular flexibility index (Phi) is 5.51. The SMILES string of the molecule is O=C(NC(=S)N1CCC(N2CCCC2)CC1)c1ccccc1Cl. The van der Waals surface area contributed by atoms with Crippen molar-refractivity contribution in [2.45, 2.75) is 31.7 Å². The highest BCUT2D eigenvalue weighted by atomic mass is 35.5. The number of benzene rings is 1. The Morgan fingerprint density at radius 2 is 1.78 bits per heavy atom. The second-order valence-corrected chi connectivity index (χ2v) is 6.99. The molecule has 1 aromatic carbocycles. The van der Waals surface area contributed by atoms with Gasteiger partial charge in [-0.25, -0.2) is 0 Å². The molecule has 2 aliphatic rings. The summed E-state index contributed by atoms with van der Waals surface area (Å²) in [5.41, 5.74) is 0.462. The third-order valence-corrected chi connectivity index (χ3v) is 5.44. The molecule has 0 radical (unpaired) electrons. The van der Waals surface area contributed by atoms with Crippen LogP contribution >= 0.6 is 23.8 Å². The van der Waals surface area contributed by atoms with Crippen molar-refractivity contribution in [3.63, 3.8) is 0 Å². The quantitative estimate of drug-likeness (QED) is 0.831. The summed E-state index contributed by atoms with van der Waals surface area (Å²) in [5, 5.41) is 3.77. The molecule has 6 heteroatoms. The predicted molar refractivity (Wildman–Crippen MR) is 96.9 cm³/mol. The normalized spacial score (nSPS) is 19.8. The molecule has 2 fully saturated rings. The lowest BCUT2D eigenvalue weighted by molar-refractivity contribution is 0.0970. The van der Waals surface area contributed by atoms with E-state index in [-0.39, 0.29) is 5.91 Å². The zero-order valence-corrected chi connectivity index (χ0v) is 14.7. The van der Waals surface area contributed by atoms with Gasteiger partial charge in [-0.3, -0.25) is 10.1 Å². The van der Waals surface area contributed by atoms with E-state index < -0.39 is 0 Å². The van der Waals surface area contributed by atoms with Gasteiger partial charge < -0.3 is 9.80 Å². The molecule has 0 aliphatic carbocycles. The Balaban J connectivity index is 1.51. The fourth-order valence-corrected chi connectivity index (χ4v) is 3.93. The maximum Gasteiger partial charge on any atom is 0.258 e. The summed E-state index contributed by atoms with van der Waals surface area (Å²) in [6, 6.07) is 7.70. The van der Waals surface area contributed by atoms with E-state index in [2.05, 4.69) is 15.1 Å². The molecule has 0 spiro atoms. The first-order valence-electron chi connectivity index (χ1n) is 8.24. The summed E-state index contributed by atoms with van der Waals surface area (Å²) < 4.78 is 0. The van der Waals surface area contributed by atoms with E-state index >= 15 is 0 Å². The van der Waals surface area contributed by atoms with Gasteiger partial charge in [-0.15, -0.1) is 0 Å². The van der Waals surface area contributed by atoms with Crippen LogP contribution in [0.4, 0.5) is 0 Å². The maximum atomic E-state index is 12.3. The number of hydrogen-bond acceptors (Lipinski definition) is 3. The molecule has 0 aromatic heterocycles. The van der Waals surface area contributed by atoms with Crippen molar-refractivity contribution < 1.29 is 4.79 Å². The number of carbonyl (C=O) groups is 1. The van der Waals surface area contributed by atoms with Crippen LogP contribution in [0, 0.1) is 0 Å². The fourth-order valence-electron chi connectivity index (χ4n) is 3.43. The van der Waals surface area contributed by atoms with Gasteiger partial charge >= 0.3 is 0 Å². The zero-order valence-electron chi connectivity index (χ0n) is 13.1. The second kappa shape index (κ2) is 7.60. The Labute approximate surface area is 147 Å². The molecule has 2 aliphatic heterocycles. The van der Waals surface area contributed by atoms with Gasteiger partial charge in [0.15, 0.2) is 5.11 Å². The summed E-state index contributed by atoms with van der Waals surface area (Å²) in [5.74, 6) is -0.234. The number of rotatable bonds is 2. The van der Waals surface area contributed by atoms with Crippen LogP contribution in [-0.4, -0.2) is 53.0 Å². The molecule has 0 bridgehead atoms. The van der Waals surface area contributed by atoms with Crippen LogP contribution < -0.4 is 5.32 Å². The minimum absolute atomic E-state index is 0.234. The number of amides is 1. The molecule has 23 heavy (non-hydrogen) atoms. The van der Waals surface area contributed by atoms with E-state index in [1.165, 1.54) is 25.9 Å². The molecule has 2 heterocycles. The average Bonchev–Trinajstić information content (AvgIpc) is 3.09. The second-order valence-electron chi connectivity index (χ2n) is 6.20. The number of nitrogens with zero attached hydrogens (tertiary/aromatic N) is 2. The predicted octanol–water partition coefficient (Wildman–Crippen LogP) is 2.91. The fraction of sp³-hybridized carbons (Fsp3) is 0.529. The third kappa shape index (κ3) is 4.03. The van der Waals surface area contributed by atoms with Crippen molar-refractivity contribution >= 4 is 34.8 Å². The summed E-state index contributed by atoms with van der Waals surface area (Å²) in [6.45, 7) is 4.28. The first-order valence-corrected chi connectivity index (χ1v) is 9.02. The van der Waals surface area contributed by atoms with Crippen LogP contribution in [0.1, 0.15) is 36.0 Å². The number of halogens is 1. The molecule has 3 rings (SSSR count). The number of hydrogen-bond donors (Lipinski definition) is 1. The van der Waals surface area contributed by atoms with Crippen molar-refractivity contribution in [3.8, 4) is 0 Å². The highest BCUT2D eigenvalue weighted by Gasteiger charge is 2.27. The summed E-state index contributed by atoms with van der Waals surface area (Å²) >= 11 is 11.5. The number of carbonyl (C=O) groups excluding carboxylic acids is 1. The molecule has 0 unspecified atom stereocenters. The van der Waals surface area contributed by atoms with Crippen LogP contribution in [0.3, 0.4) is 0 Å². The third-order valence-electron chi connectivity index (χ3n) is 4.75. The van der Waals surface area contributed by atoms with E-state index in [9.17, 15) is 4.79 Å². The Morgan fingerprint density at radius 1 is 1.13 bits per heavy atom. The van der Waals surface area contributed by atoms with Gasteiger partial charge in [-0.1, -0.05) is 23.7 Å². The van der Waals surface area contributed by atoms with Crippen molar-refractivity contribution in [1.29, 1.82) is 0 Å². The lowest BCUT2D eigenvalue weighted by Crippen LogP contribution is -2.50. The molecule has 1 amide bonds. The van der Waals surface area contributed by atoms with Crippen molar-refractivity contribution in [3.05, 3.63) is 34.9 Å². The average molecular weight is 352 g/mol. The molecule has 2 saturated heterocycles. The van der Waals surface area contributed by atoms with Crippen molar-refractivity contribution in [2.75, 3.05) is 26.2 Å². The Morgan fingerprint density at radius 3 is 2.43 bits per heavy atom. The van der Waals surface area contributed by atoms with Crippen molar-refractivity contribution in [1.82, 2.24) is 15.1 Å². The lowest BCUT2D eigenvalue weighted by atomic mass is 10.0. The first-order chi connectivity index (χ1) is 11.1. The van der Waals surface area contributed by atoms with Gasteiger partial charge in [0.1, 0.15) is 0 Å². The molecule has 0 saturated carbocycles. The summed E-state index contributed by atoms with van der Waals surface area (Å²) in [4.78, 5) is 17.0. The first kappa shape index (κ1) is 16.7. The van der Waals surface area contributed by atoms with Crippen LogP contribution in [0.2, 0.25) is 5.02 Å². The Hall–Kier alpha value is -1.17. The lowest BCUT2D eigenvalue weighted by Gasteiger charge is -2.37.